The lowest BCUT2D eigenvalue weighted by atomic mass is 10.1. The highest BCUT2D eigenvalue weighted by Crippen LogP contribution is 2.24. The minimum Gasteiger partial charge on any atom is -0.317 e. The van der Waals surface area contributed by atoms with Crippen molar-refractivity contribution < 1.29 is 4.39 Å². The Morgan fingerprint density at radius 2 is 1.96 bits per heavy atom. The second kappa shape index (κ2) is 6.53. The van der Waals surface area contributed by atoms with E-state index in [-0.39, 0.29) is 11.6 Å². The summed E-state index contributed by atoms with van der Waals surface area (Å²) in [4.78, 5) is 21.7. The molecule has 0 unspecified atom stereocenters. The van der Waals surface area contributed by atoms with E-state index in [1.54, 1.807) is 22.7 Å². The minimum atomic E-state index is -0.395. The minimum absolute atomic E-state index is 0.0182. The van der Waals surface area contributed by atoms with Crippen LogP contribution in [-0.4, -0.2) is 32.0 Å². The van der Waals surface area contributed by atoms with Gasteiger partial charge in [0.25, 0.3) is 5.56 Å². The van der Waals surface area contributed by atoms with Gasteiger partial charge in [-0.1, -0.05) is 0 Å². The van der Waals surface area contributed by atoms with Crippen LogP contribution < -0.4 is 10.9 Å². The first-order valence-corrected chi connectivity index (χ1v) is 9.48. The maximum absolute atomic E-state index is 14.4. The predicted molar refractivity (Wildman–Crippen MR) is 106 cm³/mol. The summed E-state index contributed by atoms with van der Waals surface area (Å²) in [6.45, 7) is 3.68. The number of halogens is 1. The molecule has 0 radical (unpaired) electrons. The maximum Gasteiger partial charge on any atom is 0.260 e. The molecular weight excluding hydrogens is 357 g/mol. The van der Waals surface area contributed by atoms with Crippen LogP contribution in [0.25, 0.3) is 27.8 Å². The van der Waals surface area contributed by atoms with Gasteiger partial charge in [-0.05, 0) is 57.1 Å². The van der Waals surface area contributed by atoms with E-state index in [1.807, 2.05) is 30.0 Å². The van der Waals surface area contributed by atoms with Crippen LogP contribution in [0.2, 0.25) is 0 Å². The van der Waals surface area contributed by atoms with Crippen LogP contribution in [0.3, 0.4) is 0 Å². The summed E-state index contributed by atoms with van der Waals surface area (Å²) >= 11 is 0. The molecule has 4 aromatic heterocycles. The zero-order chi connectivity index (χ0) is 19.3. The number of pyridine rings is 3. The molecule has 1 N–H and O–H groups in total. The van der Waals surface area contributed by atoms with Crippen molar-refractivity contribution in [2.75, 3.05) is 13.1 Å². The van der Waals surface area contributed by atoms with E-state index in [9.17, 15) is 9.18 Å². The van der Waals surface area contributed by atoms with E-state index in [2.05, 4.69) is 15.3 Å². The van der Waals surface area contributed by atoms with Crippen molar-refractivity contribution in [2.45, 2.75) is 25.8 Å². The van der Waals surface area contributed by atoms with Crippen LogP contribution in [0.1, 0.15) is 24.6 Å². The third-order valence-electron chi connectivity index (χ3n) is 5.41. The Labute approximate surface area is 160 Å². The molecule has 0 saturated carbocycles. The number of nitrogens with one attached hydrogen (secondary N) is 1. The van der Waals surface area contributed by atoms with Crippen LogP contribution in [0.5, 0.6) is 0 Å². The Balaban J connectivity index is 1.59. The summed E-state index contributed by atoms with van der Waals surface area (Å²) in [6, 6.07) is 7.10. The summed E-state index contributed by atoms with van der Waals surface area (Å²) < 4.78 is 17.9. The number of hydrogen-bond acceptors (Lipinski definition) is 4. The number of aromatic nitrogens is 4. The standard InChI is InChI=1S/C21H20FN5O/c1-13-11-26-12-14(10-17(22)20(26)24-13)18-3-2-16-19(25-18)6-9-27(21(16)28)15-4-7-23-8-5-15/h2-3,6,9-12,15,23H,4-5,7-8H2,1H3. The highest BCUT2D eigenvalue weighted by molar-refractivity contribution is 5.80. The van der Waals surface area contributed by atoms with E-state index in [0.29, 0.717) is 27.8 Å². The number of imidazole rings is 1. The van der Waals surface area contributed by atoms with Crippen molar-refractivity contribution >= 4 is 16.6 Å². The zero-order valence-electron chi connectivity index (χ0n) is 15.5. The van der Waals surface area contributed by atoms with Gasteiger partial charge in [-0.3, -0.25) is 4.79 Å². The summed E-state index contributed by atoms with van der Waals surface area (Å²) in [5.41, 5.74) is 2.92. The van der Waals surface area contributed by atoms with Gasteiger partial charge in [-0.2, -0.15) is 0 Å². The molecule has 1 aliphatic heterocycles. The Hall–Kier alpha value is -3.06. The summed E-state index contributed by atoms with van der Waals surface area (Å²) in [5, 5.41) is 3.91. The second-order valence-corrected chi connectivity index (χ2v) is 7.33. The quantitative estimate of drug-likeness (QED) is 0.583. The van der Waals surface area contributed by atoms with E-state index >= 15 is 0 Å². The number of piperidine rings is 1. The molecule has 28 heavy (non-hydrogen) atoms. The molecule has 1 aliphatic rings. The summed E-state index contributed by atoms with van der Waals surface area (Å²) in [7, 11) is 0. The Kier molecular flexibility index (Phi) is 3.98. The smallest absolute Gasteiger partial charge is 0.260 e. The average Bonchev–Trinajstić information content (AvgIpc) is 3.09. The molecule has 1 saturated heterocycles. The monoisotopic (exact) mass is 377 g/mol. The average molecular weight is 377 g/mol. The van der Waals surface area contributed by atoms with E-state index < -0.39 is 5.82 Å². The van der Waals surface area contributed by atoms with Crippen molar-refractivity contribution in [3.05, 3.63) is 64.7 Å². The molecule has 0 spiro atoms. The Bertz CT molecular complexity index is 1250. The SMILES string of the molecule is Cc1cn2cc(-c3ccc4c(=O)n(C5CCNCC5)ccc4n3)cc(F)c2n1. The van der Waals surface area contributed by atoms with Gasteiger partial charge in [0, 0.05) is 30.2 Å². The first kappa shape index (κ1) is 17.1. The number of rotatable bonds is 2. The van der Waals surface area contributed by atoms with Crippen molar-refractivity contribution in [1.29, 1.82) is 0 Å². The fourth-order valence-electron chi connectivity index (χ4n) is 3.99. The topological polar surface area (TPSA) is 64.2 Å². The number of hydrogen-bond donors (Lipinski definition) is 1. The van der Waals surface area contributed by atoms with Gasteiger partial charge in [0.15, 0.2) is 11.5 Å². The fraction of sp³-hybridized carbons (Fsp3) is 0.286. The molecule has 1 fully saturated rings. The molecule has 0 aromatic carbocycles. The molecule has 0 atom stereocenters. The first-order valence-electron chi connectivity index (χ1n) is 9.48. The van der Waals surface area contributed by atoms with Gasteiger partial charge >= 0.3 is 0 Å². The van der Waals surface area contributed by atoms with Crippen molar-refractivity contribution in [3.63, 3.8) is 0 Å². The molecule has 7 heteroatoms. The highest BCUT2D eigenvalue weighted by atomic mass is 19.1. The first-order chi connectivity index (χ1) is 13.6. The van der Waals surface area contributed by atoms with Crippen LogP contribution in [0.15, 0.2) is 47.7 Å². The molecule has 142 valence electrons. The third kappa shape index (κ3) is 2.79. The third-order valence-corrected chi connectivity index (χ3v) is 5.41. The Morgan fingerprint density at radius 1 is 1.14 bits per heavy atom. The molecule has 5 rings (SSSR count). The second-order valence-electron chi connectivity index (χ2n) is 7.33. The number of fused-ring (bicyclic) bond motifs is 2. The Morgan fingerprint density at radius 3 is 2.79 bits per heavy atom. The lowest BCUT2D eigenvalue weighted by Gasteiger charge is -2.24. The lowest BCUT2D eigenvalue weighted by molar-refractivity contribution is 0.362. The molecule has 5 heterocycles. The lowest BCUT2D eigenvalue weighted by Crippen LogP contribution is -2.34. The molecule has 0 aliphatic carbocycles. The molecule has 6 nitrogen and oxygen atoms in total. The zero-order valence-corrected chi connectivity index (χ0v) is 15.5. The van der Waals surface area contributed by atoms with Gasteiger partial charge in [-0.15, -0.1) is 0 Å². The van der Waals surface area contributed by atoms with E-state index in [4.69, 9.17) is 0 Å². The van der Waals surface area contributed by atoms with Crippen LogP contribution >= 0.6 is 0 Å². The van der Waals surface area contributed by atoms with Gasteiger partial charge in [0.1, 0.15) is 0 Å². The van der Waals surface area contributed by atoms with E-state index in [0.717, 1.165) is 31.6 Å². The fourth-order valence-corrected chi connectivity index (χ4v) is 3.99. The molecule has 4 aromatic rings. The molecular formula is C21H20FN5O. The van der Waals surface area contributed by atoms with Gasteiger partial charge in [0.2, 0.25) is 0 Å². The van der Waals surface area contributed by atoms with E-state index in [1.165, 1.54) is 6.07 Å². The predicted octanol–water partition coefficient (Wildman–Crippen LogP) is 3.08. The van der Waals surface area contributed by atoms with Crippen molar-refractivity contribution in [1.82, 2.24) is 24.3 Å². The number of nitrogens with zero attached hydrogens (tertiary/aromatic N) is 4. The maximum atomic E-state index is 14.4. The number of aryl methyl sites for hydroxylation is 1. The molecule has 0 amide bonds. The summed E-state index contributed by atoms with van der Waals surface area (Å²) in [5.74, 6) is -0.395. The van der Waals surface area contributed by atoms with Crippen LogP contribution in [0, 0.1) is 12.7 Å². The summed E-state index contributed by atoms with van der Waals surface area (Å²) in [6.07, 6.45) is 7.31. The van der Waals surface area contributed by atoms with Crippen LogP contribution in [0.4, 0.5) is 4.39 Å². The largest absolute Gasteiger partial charge is 0.317 e. The normalized spacial score (nSPS) is 15.5. The van der Waals surface area contributed by atoms with Crippen molar-refractivity contribution in [2.24, 2.45) is 0 Å². The van der Waals surface area contributed by atoms with Gasteiger partial charge in [0.05, 0.1) is 22.3 Å². The van der Waals surface area contributed by atoms with Gasteiger partial charge in [-0.25, -0.2) is 14.4 Å². The molecule has 0 bridgehead atoms. The van der Waals surface area contributed by atoms with Crippen molar-refractivity contribution in [3.8, 4) is 11.3 Å². The van der Waals surface area contributed by atoms with Gasteiger partial charge < -0.3 is 14.3 Å². The highest BCUT2D eigenvalue weighted by Gasteiger charge is 2.17. The van der Waals surface area contributed by atoms with Crippen LogP contribution in [-0.2, 0) is 0 Å².